The number of carbonyl (C=O) groups excluding carboxylic acids is 1. The number of rotatable bonds is 4. The maximum Gasteiger partial charge on any atom is 0.304 e. The number of H-pyrrole nitrogens is 1. The minimum atomic E-state index is -0.227. The zero-order valence-electron chi connectivity index (χ0n) is 10.1. The summed E-state index contributed by atoms with van der Waals surface area (Å²) in [7, 11) is 0. The smallest absolute Gasteiger partial charge is 0.304 e. The Bertz CT molecular complexity index is 658. The van der Waals surface area contributed by atoms with E-state index in [9.17, 15) is 9.59 Å². The first-order valence-corrected chi connectivity index (χ1v) is 6.49. The molecule has 1 aromatic carbocycles. The third kappa shape index (κ3) is 4.11. The van der Waals surface area contributed by atoms with Crippen molar-refractivity contribution in [1.29, 1.82) is 0 Å². The molecule has 0 saturated carbocycles. The molecule has 2 rings (SSSR count). The van der Waals surface area contributed by atoms with Crippen molar-refractivity contribution in [2.75, 3.05) is 5.73 Å². The van der Waals surface area contributed by atoms with E-state index < -0.39 is 0 Å². The quantitative estimate of drug-likeness (QED) is 0.581. The Morgan fingerprint density at radius 2 is 2.32 bits per heavy atom. The summed E-state index contributed by atoms with van der Waals surface area (Å²) in [5.41, 5.74) is 7.84. The number of nitrogens with two attached hydrogens (primary N) is 1. The molecule has 0 spiro atoms. The van der Waals surface area contributed by atoms with Gasteiger partial charge in [-0.15, -0.1) is 0 Å². The number of aromatic amines is 1. The lowest BCUT2D eigenvalue weighted by atomic mass is 10.2. The lowest BCUT2D eigenvalue weighted by molar-refractivity contribution is -0.116. The van der Waals surface area contributed by atoms with Crippen molar-refractivity contribution in [3.8, 4) is 0 Å². The maximum absolute atomic E-state index is 11.6. The number of anilines is 1. The van der Waals surface area contributed by atoms with Gasteiger partial charge in [-0.05, 0) is 23.8 Å². The molecule has 2 aromatic rings. The average molecular weight is 275 g/mol. The number of aromatic nitrogens is 1. The first-order valence-electron chi connectivity index (χ1n) is 5.61. The largest absolute Gasteiger partial charge is 0.399 e. The van der Waals surface area contributed by atoms with Gasteiger partial charge in [0.1, 0.15) is 0 Å². The van der Waals surface area contributed by atoms with E-state index in [0.717, 1.165) is 16.9 Å². The molecule has 0 atom stereocenters. The van der Waals surface area contributed by atoms with Gasteiger partial charge in [0.05, 0.1) is 6.54 Å². The van der Waals surface area contributed by atoms with Gasteiger partial charge in [-0.3, -0.25) is 9.59 Å². The van der Waals surface area contributed by atoms with Crippen molar-refractivity contribution >= 4 is 29.0 Å². The summed E-state index contributed by atoms with van der Waals surface area (Å²) in [6.45, 7) is 0.304. The Labute approximate surface area is 113 Å². The minimum Gasteiger partial charge on any atom is -0.399 e. The van der Waals surface area contributed by atoms with Crippen LogP contribution in [0.3, 0.4) is 0 Å². The highest BCUT2D eigenvalue weighted by molar-refractivity contribution is 7.07. The molecule has 1 aromatic heterocycles. The molecule has 5 nitrogen and oxygen atoms in total. The van der Waals surface area contributed by atoms with Crippen LogP contribution in [0, 0.1) is 0 Å². The highest BCUT2D eigenvalue weighted by Gasteiger charge is 1.99. The van der Waals surface area contributed by atoms with E-state index in [0.29, 0.717) is 17.9 Å². The second kappa shape index (κ2) is 6.01. The monoisotopic (exact) mass is 275 g/mol. The van der Waals surface area contributed by atoms with Crippen LogP contribution in [0.1, 0.15) is 11.3 Å². The van der Waals surface area contributed by atoms with Crippen molar-refractivity contribution < 1.29 is 4.79 Å². The van der Waals surface area contributed by atoms with E-state index in [-0.39, 0.29) is 10.8 Å². The van der Waals surface area contributed by atoms with Crippen LogP contribution in [0.25, 0.3) is 6.08 Å². The Kier molecular flexibility index (Phi) is 4.15. The van der Waals surface area contributed by atoms with Gasteiger partial charge in [0.15, 0.2) is 0 Å². The Hall–Kier alpha value is -2.34. The van der Waals surface area contributed by atoms with Crippen molar-refractivity contribution in [1.82, 2.24) is 10.3 Å². The van der Waals surface area contributed by atoms with Gasteiger partial charge in [-0.1, -0.05) is 23.5 Å². The standard InChI is InChI=1S/C13H13N3O2S/c14-10-3-1-2-9(6-10)4-5-12(17)15-7-11-8-19-13(18)16-11/h1-6,8H,7,14H2,(H,15,17)(H,16,18)/b5-4+. The molecular formula is C13H13N3O2S. The molecule has 6 heteroatoms. The van der Waals surface area contributed by atoms with Crippen LogP contribution in [-0.4, -0.2) is 10.9 Å². The van der Waals surface area contributed by atoms with Gasteiger partial charge in [0, 0.05) is 22.8 Å². The normalized spacial score (nSPS) is 10.7. The molecule has 0 fully saturated rings. The van der Waals surface area contributed by atoms with Gasteiger partial charge in [-0.25, -0.2) is 0 Å². The molecule has 0 bridgehead atoms. The van der Waals surface area contributed by atoms with Crippen LogP contribution in [0.5, 0.6) is 0 Å². The number of amides is 1. The molecule has 0 unspecified atom stereocenters. The summed E-state index contributed by atoms with van der Waals surface area (Å²) in [5, 5.41) is 4.36. The number of hydrogen-bond donors (Lipinski definition) is 3. The third-order valence-electron chi connectivity index (χ3n) is 2.36. The molecule has 98 valence electrons. The van der Waals surface area contributed by atoms with Gasteiger partial charge in [0.2, 0.25) is 5.91 Å². The first-order chi connectivity index (χ1) is 9.13. The summed E-state index contributed by atoms with van der Waals surface area (Å²) in [6, 6.07) is 7.24. The van der Waals surface area contributed by atoms with Crippen LogP contribution in [0.15, 0.2) is 40.5 Å². The van der Waals surface area contributed by atoms with Crippen LogP contribution < -0.4 is 15.9 Å². The molecule has 0 aliphatic carbocycles. The second-order valence-corrected chi connectivity index (χ2v) is 4.74. The van der Waals surface area contributed by atoms with E-state index in [1.165, 1.54) is 6.08 Å². The predicted molar refractivity (Wildman–Crippen MR) is 76.7 cm³/mol. The van der Waals surface area contributed by atoms with E-state index in [1.54, 1.807) is 23.6 Å². The Morgan fingerprint density at radius 1 is 1.47 bits per heavy atom. The third-order valence-corrected chi connectivity index (χ3v) is 3.08. The summed E-state index contributed by atoms with van der Waals surface area (Å²) < 4.78 is 0. The van der Waals surface area contributed by atoms with Crippen LogP contribution in [0.4, 0.5) is 5.69 Å². The number of nitrogens with one attached hydrogen (secondary N) is 2. The van der Waals surface area contributed by atoms with Crippen molar-refractivity contribution in [3.63, 3.8) is 0 Å². The second-order valence-electron chi connectivity index (χ2n) is 3.89. The van der Waals surface area contributed by atoms with Crippen LogP contribution >= 0.6 is 11.3 Å². The zero-order valence-corrected chi connectivity index (χ0v) is 10.9. The van der Waals surface area contributed by atoms with Gasteiger partial charge in [-0.2, -0.15) is 0 Å². The fourth-order valence-electron chi connectivity index (χ4n) is 1.48. The Morgan fingerprint density at radius 3 is 3.00 bits per heavy atom. The van der Waals surface area contributed by atoms with E-state index in [2.05, 4.69) is 10.3 Å². The Balaban J connectivity index is 1.89. The number of thiazole rings is 1. The summed E-state index contributed by atoms with van der Waals surface area (Å²) in [5.74, 6) is -0.227. The van der Waals surface area contributed by atoms with Crippen molar-refractivity contribution in [2.24, 2.45) is 0 Å². The molecule has 0 saturated heterocycles. The maximum atomic E-state index is 11.6. The predicted octanol–water partition coefficient (Wildman–Crippen LogP) is 1.35. The topological polar surface area (TPSA) is 88.0 Å². The van der Waals surface area contributed by atoms with Gasteiger partial charge < -0.3 is 16.0 Å². The molecule has 1 amide bonds. The molecule has 4 N–H and O–H groups in total. The zero-order chi connectivity index (χ0) is 13.7. The fraction of sp³-hybridized carbons (Fsp3) is 0.0769. The minimum absolute atomic E-state index is 0.125. The van der Waals surface area contributed by atoms with Crippen molar-refractivity contribution in [3.05, 3.63) is 56.6 Å². The summed E-state index contributed by atoms with van der Waals surface area (Å²) >= 11 is 1.07. The SMILES string of the molecule is Nc1cccc(/C=C/C(=O)NCc2csc(=O)[nH]2)c1. The van der Waals surface area contributed by atoms with Crippen LogP contribution in [-0.2, 0) is 11.3 Å². The molecular weight excluding hydrogens is 262 g/mol. The van der Waals surface area contributed by atoms with E-state index >= 15 is 0 Å². The molecule has 0 radical (unpaired) electrons. The molecule has 1 heterocycles. The average Bonchev–Trinajstić information content (AvgIpc) is 2.80. The highest BCUT2D eigenvalue weighted by Crippen LogP contribution is 2.07. The van der Waals surface area contributed by atoms with Gasteiger partial charge in [0.25, 0.3) is 0 Å². The number of benzene rings is 1. The molecule has 19 heavy (non-hydrogen) atoms. The van der Waals surface area contributed by atoms with Crippen LogP contribution in [0.2, 0.25) is 0 Å². The van der Waals surface area contributed by atoms with E-state index in [4.69, 9.17) is 5.73 Å². The lowest BCUT2D eigenvalue weighted by Crippen LogP contribution is -2.20. The summed E-state index contributed by atoms with van der Waals surface area (Å²) in [6.07, 6.45) is 3.11. The fourth-order valence-corrected chi connectivity index (χ4v) is 2.06. The highest BCUT2D eigenvalue weighted by atomic mass is 32.1. The van der Waals surface area contributed by atoms with Crippen molar-refractivity contribution in [2.45, 2.75) is 6.54 Å². The number of nitrogen functional groups attached to an aromatic ring is 1. The summed E-state index contributed by atoms with van der Waals surface area (Å²) in [4.78, 5) is 25.0. The molecule has 0 aliphatic heterocycles. The first kappa shape index (κ1) is 13.1. The number of hydrogen-bond acceptors (Lipinski definition) is 4. The molecule has 0 aliphatic rings. The number of carbonyl (C=O) groups is 1. The van der Waals surface area contributed by atoms with Gasteiger partial charge >= 0.3 is 4.87 Å². The van der Waals surface area contributed by atoms with E-state index in [1.807, 2.05) is 12.1 Å². The lowest BCUT2D eigenvalue weighted by Gasteiger charge is -1.99.